The van der Waals surface area contributed by atoms with Crippen LogP contribution in [0.25, 0.3) is 0 Å². The second-order valence-corrected chi connectivity index (χ2v) is 16.1. The first-order chi connectivity index (χ1) is 20.9. The van der Waals surface area contributed by atoms with Crippen molar-refractivity contribution in [3.63, 3.8) is 0 Å². The van der Waals surface area contributed by atoms with E-state index in [0.717, 1.165) is 6.54 Å². The Hall–Kier alpha value is -1.07. The Bertz CT molecular complexity index is 949. The molecule has 1 unspecified atom stereocenters. The number of hydrogen-bond donors (Lipinski definition) is 3. The standard InChI is InChI=1S/C31H52IN3O7S2/c1-24(2)9-8-13-34-29(37)22-40-19-20-41-30(43-44-31(4,5)6)23-42-27-11-7-10-26(21-27)35-28(36)12-15-38-17-18-39-16-14-33-25(3)32/h7-11,21,24-25,30,33H,12-20,22-23H2,1-6H3,(H,34,37)(H,35,36)/b9-8+/t25?,30-/m1/s1. The van der Waals surface area contributed by atoms with E-state index in [9.17, 15) is 9.59 Å². The molecule has 0 bridgehead atoms. The Morgan fingerprint density at radius 3 is 2.41 bits per heavy atom. The molecule has 252 valence electrons. The van der Waals surface area contributed by atoms with Gasteiger partial charge < -0.3 is 39.6 Å². The Morgan fingerprint density at radius 1 is 0.977 bits per heavy atom. The molecule has 2 atom stereocenters. The van der Waals surface area contributed by atoms with E-state index in [4.69, 9.17) is 23.7 Å². The minimum Gasteiger partial charge on any atom is -0.490 e. The van der Waals surface area contributed by atoms with Crippen LogP contribution in [0.4, 0.5) is 5.69 Å². The lowest BCUT2D eigenvalue weighted by Gasteiger charge is -2.22. The van der Waals surface area contributed by atoms with Crippen molar-refractivity contribution in [1.82, 2.24) is 10.6 Å². The van der Waals surface area contributed by atoms with Crippen LogP contribution in [0, 0.1) is 5.92 Å². The monoisotopic (exact) mass is 769 g/mol. The average Bonchev–Trinajstić information content (AvgIpc) is 2.94. The predicted molar refractivity (Wildman–Crippen MR) is 191 cm³/mol. The maximum atomic E-state index is 12.4. The van der Waals surface area contributed by atoms with Crippen LogP contribution in [0.2, 0.25) is 0 Å². The Kier molecular flexibility index (Phi) is 23.3. The number of rotatable bonds is 25. The van der Waals surface area contributed by atoms with Crippen molar-refractivity contribution in [3.8, 4) is 5.75 Å². The number of allylic oxidation sites excluding steroid dienone is 1. The summed E-state index contributed by atoms with van der Waals surface area (Å²) >= 11 is 2.30. The normalized spacial score (nSPS) is 13.3. The predicted octanol–water partition coefficient (Wildman–Crippen LogP) is 5.67. The zero-order valence-electron chi connectivity index (χ0n) is 27.0. The molecular weight excluding hydrogens is 717 g/mol. The minimum atomic E-state index is -0.261. The Labute approximate surface area is 285 Å². The number of carbonyl (C=O) groups is 2. The van der Waals surface area contributed by atoms with Gasteiger partial charge in [-0.15, -0.1) is 0 Å². The van der Waals surface area contributed by atoms with E-state index in [1.54, 1.807) is 27.7 Å². The molecule has 1 aromatic rings. The maximum Gasteiger partial charge on any atom is 0.246 e. The van der Waals surface area contributed by atoms with Gasteiger partial charge >= 0.3 is 0 Å². The molecule has 0 heterocycles. The number of nitrogens with one attached hydrogen (secondary N) is 3. The molecule has 0 fully saturated rings. The van der Waals surface area contributed by atoms with Gasteiger partial charge in [0, 0.05) is 29.6 Å². The van der Waals surface area contributed by atoms with Gasteiger partial charge in [-0.05, 0) is 25.0 Å². The second-order valence-electron chi connectivity index (χ2n) is 11.1. The van der Waals surface area contributed by atoms with Gasteiger partial charge in [0.2, 0.25) is 11.8 Å². The lowest BCUT2D eigenvalue weighted by Crippen LogP contribution is -2.28. The Morgan fingerprint density at radius 2 is 1.70 bits per heavy atom. The van der Waals surface area contributed by atoms with E-state index < -0.39 is 0 Å². The summed E-state index contributed by atoms with van der Waals surface area (Å²) in [5.74, 6) is 0.774. The molecule has 0 saturated carbocycles. The molecule has 1 aromatic carbocycles. The molecular formula is C31H52IN3O7S2. The summed E-state index contributed by atoms with van der Waals surface area (Å²) in [6.45, 7) is 16.7. The van der Waals surface area contributed by atoms with Crippen LogP contribution in [-0.2, 0) is 28.5 Å². The van der Waals surface area contributed by atoms with Crippen molar-refractivity contribution < 1.29 is 33.3 Å². The zero-order valence-corrected chi connectivity index (χ0v) is 30.8. The van der Waals surface area contributed by atoms with Gasteiger partial charge in [0.05, 0.1) is 50.1 Å². The van der Waals surface area contributed by atoms with Crippen molar-refractivity contribution in [2.24, 2.45) is 5.92 Å². The van der Waals surface area contributed by atoms with Crippen LogP contribution >= 0.6 is 44.2 Å². The van der Waals surface area contributed by atoms with Crippen LogP contribution in [-0.4, -0.2) is 92.0 Å². The molecule has 3 N–H and O–H groups in total. The number of benzene rings is 1. The van der Waals surface area contributed by atoms with Crippen LogP contribution in [0.15, 0.2) is 36.4 Å². The molecule has 0 aliphatic carbocycles. The van der Waals surface area contributed by atoms with Crippen molar-refractivity contribution in [3.05, 3.63) is 36.4 Å². The second kappa shape index (κ2) is 25.1. The summed E-state index contributed by atoms with van der Waals surface area (Å²) in [7, 11) is 3.30. The molecule has 0 aliphatic heterocycles. The van der Waals surface area contributed by atoms with Gasteiger partial charge in [0.25, 0.3) is 0 Å². The van der Waals surface area contributed by atoms with Crippen LogP contribution in [0.3, 0.4) is 0 Å². The molecule has 2 amide bonds. The molecule has 0 spiro atoms. The molecule has 1 rings (SSSR count). The maximum absolute atomic E-state index is 12.4. The highest BCUT2D eigenvalue weighted by atomic mass is 127. The summed E-state index contributed by atoms with van der Waals surface area (Å²) < 4.78 is 29.0. The van der Waals surface area contributed by atoms with Gasteiger partial charge in [0.15, 0.2) is 0 Å². The lowest BCUT2D eigenvalue weighted by molar-refractivity contribution is -0.126. The van der Waals surface area contributed by atoms with Gasteiger partial charge in [-0.2, -0.15) is 0 Å². The largest absolute Gasteiger partial charge is 0.490 e. The number of carbonyl (C=O) groups excluding carboxylic acids is 2. The number of hydrogen-bond acceptors (Lipinski definition) is 10. The molecule has 0 aliphatic rings. The summed E-state index contributed by atoms with van der Waals surface area (Å²) in [5, 5.41) is 8.96. The quantitative estimate of drug-likeness (QED) is 0.0219. The fourth-order valence-corrected chi connectivity index (χ4v) is 5.64. The number of anilines is 1. The van der Waals surface area contributed by atoms with Crippen molar-refractivity contribution in [1.29, 1.82) is 0 Å². The lowest BCUT2D eigenvalue weighted by atomic mass is 10.2. The van der Waals surface area contributed by atoms with Gasteiger partial charge in [0.1, 0.15) is 24.4 Å². The number of amides is 2. The van der Waals surface area contributed by atoms with E-state index in [0.29, 0.717) is 74.2 Å². The van der Waals surface area contributed by atoms with E-state index in [1.165, 1.54) is 0 Å². The summed E-state index contributed by atoms with van der Waals surface area (Å²) in [5.41, 5.74) is 0.386. The average molecular weight is 770 g/mol. The van der Waals surface area contributed by atoms with Gasteiger partial charge in [-0.3, -0.25) is 9.59 Å². The van der Waals surface area contributed by atoms with Crippen molar-refractivity contribution in [2.45, 2.75) is 62.2 Å². The number of halogens is 1. The van der Waals surface area contributed by atoms with Crippen LogP contribution in [0.1, 0.15) is 48.0 Å². The van der Waals surface area contributed by atoms with Crippen molar-refractivity contribution in [2.75, 3.05) is 71.3 Å². The SMILES string of the molecule is CC(C)/C=C/CNC(=O)COCCO[C@@H](COc1cccc(NC(=O)CCOCCOCCNC(C)I)c1)SSC(C)(C)C. The smallest absolute Gasteiger partial charge is 0.246 e. The first kappa shape index (κ1) is 41.0. The first-order valence-electron chi connectivity index (χ1n) is 15.0. The third kappa shape index (κ3) is 25.2. The van der Waals surface area contributed by atoms with Gasteiger partial charge in [-0.1, -0.05) is 97.0 Å². The highest BCUT2D eigenvalue weighted by Gasteiger charge is 2.18. The third-order valence-corrected chi connectivity index (χ3v) is 9.09. The first-order valence-corrected chi connectivity index (χ1v) is 18.4. The van der Waals surface area contributed by atoms with Crippen LogP contribution in [0.5, 0.6) is 5.75 Å². The third-order valence-electron chi connectivity index (χ3n) is 5.13. The zero-order chi connectivity index (χ0) is 32.6. The van der Waals surface area contributed by atoms with Gasteiger partial charge in [-0.25, -0.2) is 0 Å². The molecule has 0 aromatic heterocycles. The van der Waals surface area contributed by atoms with E-state index in [-0.39, 0.29) is 35.0 Å². The number of alkyl halides is 1. The summed E-state index contributed by atoms with van der Waals surface area (Å²) in [6.07, 6.45) is 4.22. The Balaban J connectivity index is 2.38. The van der Waals surface area contributed by atoms with Crippen molar-refractivity contribution >= 4 is 61.7 Å². The minimum absolute atomic E-state index is 0.0146. The fourth-order valence-electron chi connectivity index (χ4n) is 3.14. The number of ether oxygens (including phenoxy) is 5. The van der Waals surface area contributed by atoms with E-state index >= 15 is 0 Å². The fraction of sp³-hybridized carbons (Fsp3) is 0.677. The van der Waals surface area contributed by atoms with Crippen LogP contribution < -0.4 is 20.7 Å². The molecule has 0 saturated heterocycles. The highest BCUT2D eigenvalue weighted by Crippen LogP contribution is 2.38. The molecule has 10 nitrogen and oxygen atoms in total. The van der Waals surface area contributed by atoms with E-state index in [2.05, 4.69) is 80.1 Å². The topological polar surface area (TPSA) is 116 Å². The molecule has 0 radical (unpaired) electrons. The highest BCUT2D eigenvalue weighted by molar-refractivity contribution is 14.1. The summed E-state index contributed by atoms with van der Waals surface area (Å²) in [4.78, 5) is 24.3. The molecule has 13 heteroatoms. The van der Waals surface area contributed by atoms with E-state index in [1.807, 2.05) is 30.4 Å². The molecule has 44 heavy (non-hydrogen) atoms. The summed E-state index contributed by atoms with van der Waals surface area (Å²) in [6, 6.07) is 7.27.